The molecule has 0 heterocycles. The standard InChI is InChI=1S/C18H28FN3O.HI/c1-20-18(22-14-15-8-10-16(19)11-9-15)21-12-5-13-23-17-6-3-2-4-7-17;/h8-11,17H,2-7,12-14H2,1H3,(H2,20,21,22);1H. The minimum Gasteiger partial charge on any atom is -0.378 e. The van der Waals surface area contributed by atoms with Crippen molar-refractivity contribution in [3.63, 3.8) is 0 Å². The first-order valence-corrected chi connectivity index (χ1v) is 8.58. The van der Waals surface area contributed by atoms with Gasteiger partial charge in [-0.15, -0.1) is 24.0 Å². The molecule has 136 valence electrons. The summed E-state index contributed by atoms with van der Waals surface area (Å²) < 4.78 is 18.8. The van der Waals surface area contributed by atoms with Crippen LogP contribution in [0.3, 0.4) is 0 Å². The number of aliphatic imine (C=N–C) groups is 1. The molecule has 0 spiro atoms. The number of guanidine groups is 1. The monoisotopic (exact) mass is 449 g/mol. The summed E-state index contributed by atoms with van der Waals surface area (Å²) in [5.41, 5.74) is 1.02. The first kappa shape index (κ1) is 21.2. The molecule has 0 atom stereocenters. The fourth-order valence-corrected chi connectivity index (χ4v) is 2.77. The van der Waals surface area contributed by atoms with E-state index in [2.05, 4.69) is 15.6 Å². The first-order chi connectivity index (χ1) is 11.3. The van der Waals surface area contributed by atoms with Crippen LogP contribution in [0, 0.1) is 5.82 Å². The number of halogens is 2. The number of ether oxygens (including phenoxy) is 1. The van der Waals surface area contributed by atoms with Gasteiger partial charge in [-0.3, -0.25) is 4.99 Å². The van der Waals surface area contributed by atoms with Crippen LogP contribution in [0.5, 0.6) is 0 Å². The molecular formula is C18H29FIN3O. The Morgan fingerprint density at radius 3 is 2.54 bits per heavy atom. The number of benzene rings is 1. The molecule has 0 unspecified atom stereocenters. The van der Waals surface area contributed by atoms with Gasteiger partial charge in [-0.1, -0.05) is 31.4 Å². The summed E-state index contributed by atoms with van der Waals surface area (Å²) in [4.78, 5) is 4.19. The number of hydrogen-bond donors (Lipinski definition) is 2. The third kappa shape index (κ3) is 8.28. The molecule has 2 N–H and O–H groups in total. The van der Waals surface area contributed by atoms with Gasteiger partial charge in [0.1, 0.15) is 5.82 Å². The number of nitrogens with zero attached hydrogens (tertiary/aromatic N) is 1. The fraction of sp³-hybridized carbons (Fsp3) is 0.611. The van der Waals surface area contributed by atoms with Crippen LogP contribution in [0.2, 0.25) is 0 Å². The molecule has 0 bridgehead atoms. The van der Waals surface area contributed by atoms with Crippen molar-refractivity contribution in [1.82, 2.24) is 10.6 Å². The lowest BCUT2D eigenvalue weighted by Gasteiger charge is -2.22. The lowest BCUT2D eigenvalue weighted by Crippen LogP contribution is -2.37. The predicted octanol–water partition coefficient (Wildman–Crippen LogP) is 3.85. The molecule has 6 heteroatoms. The molecule has 1 saturated carbocycles. The summed E-state index contributed by atoms with van der Waals surface area (Å²) in [6.45, 7) is 2.25. The van der Waals surface area contributed by atoms with Crippen molar-refractivity contribution in [2.45, 2.75) is 51.2 Å². The number of rotatable bonds is 7. The summed E-state index contributed by atoms with van der Waals surface area (Å²) in [7, 11) is 1.75. The van der Waals surface area contributed by atoms with Gasteiger partial charge in [0.15, 0.2) is 5.96 Å². The highest BCUT2D eigenvalue weighted by Gasteiger charge is 2.12. The van der Waals surface area contributed by atoms with Gasteiger partial charge in [0, 0.05) is 26.7 Å². The van der Waals surface area contributed by atoms with E-state index in [0.717, 1.165) is 31.1 Å². The molecule has 4 nitrogen and oxygen atoms in total. The molecule has 0 amide bonds. The van der Waals surface area contributed by atoms with Crippen LogP contribution in [0.4, 0.5) is 4.39 Å². The molecular weight excluding hydrogens is 420 g/mol. The Morgan fingerprint density at radius 2 is 1.88 bits per heavy atom. The highest BCUT2D eigenvalue weighted by Crippen LogP contribution is 2.20. The minimum absolute atomic E-state index is 0. The van der Waals surface area contributed by atoms with E-state index in [1.165, 1.54) is 44.2 Å². The number of hydrogen-bond acceptors (Lipinski definition) is 2. The maximum atomic E-state index is 12.9. The Morgan fingerprint density at radius 1 is 1.17 bits per heavy atom. The van der Waals surface area contributed by atoms with Crippen molar-refractivity contribution in [2.24, 2.45) is 4.99 Å². The average molecular weight is 449 g/mol. The van der Waals surface area contributed by atoms with Gasteiger partial charge in [0.25, 0.3) is 0 Å². The third-order valence-corrected chi connectivity index (χ3v) is 4.12. The second-order valence-electron chi connectivity index (χ2n) is 5.96. The van der Waals surface area contributed by atoms with Crippen molar-refractivity contribution in [1.29, 1.82) is 0 Å². The summed E-state index contributed by atoms with van der Waals surface area (Å²) in [6.07, 6.45) is 7.85. The largest absolute Gasteiger partial charge is 0.378 e. The van der Waals surface area contributed by atoms with Crippen LogP contribution in [-0.2, 0) is 11.3 Å². The van der Waals surface area contributed by atoms with Gasteiger partial charge >= 0.3 is 0 Å². The quantitative estimate of drug-likeness (QED) is 0.288. The molecule has 0 aromatic heterocycles. The lowest BCUT2D eigenvalue weighted by molar-refractivity contribution is 0.0277. The van der Waals surface area contributed by atoms with Crippen molar-refractivity contribution in [3.05, 3.63) is 35.6 Å². The van der Waals surface area contributed by atoms with Crippen molar-refractivity contribution in [3.8, 4) is 0 Å². The van der Waals surface area contributed by atoms with Gasteiger partial charge in [0.2, 0.25) is 0 Å². The Hall–Kier alpha value is -0.890. The Bertz CT molecular complexity index is 476. The predicted molar refractivity (Wildman–Crippen MR) is 107 cm³/mol. The SMILES string of the molecule is CN=C(NCCCOC1CCCCC1)NCc1ccc(F)cc1.I. The smallest absolute Gasteiger partial charge is 0.191 e. The van der Waals surface area contributed by atoms with E-state index in [1.807, 2.05) is 0 Å². The van der Waals surface area contributed by atoms with E-state index in [9.17, 15) is 4.39 Å². The molecule has 1 aromatic rings. The highest BCUT2D eigenvalue weighted by atomic mass is 127. The Balaban J connectivity index is 0.00000288. The van der Waals surface area contributed by atoms with Crippen molar-refractivity contribution < 1.29 is 9.13 Å². The van der Waals surface area contributed by atoms with E-state index < -0.39 is 0 Å². The summed E-state index contributed by atoms with van der Waals surface area (Å²) in [5, 5.41) is 6.49. The van der Waals surface area contributed by atoms with Crippen LogP contribution < -0.4 is 10.6 Å². The molecule has 0 saturated heterocycles. The van der Waals surface area contributed by atoms with Gasteiger partial charge < -0.3 is 15.4 Å². The number of nitrogens with one attached hydrogen (secondary N) is 2. The second kappa shape index (κ2) is 12.5. The molecule has 0 aliphatic heterocycles. The fourth-order valence-electron chi connectivity index (χ4n) is 2.77. The molecule has 1 fully saturated rings. The average Bonchev–Trinajstić information content (AvgIpc) is 2.59. The van der Waals surface area contributed by atoms with Crippen molar-refractivity contribution >= 4 is 29.9 Å². The third-order valence-electron chi connectivity index (χ3n) is 4.12. The zero-order valence-corrected chi connectivity index (χ0v) is 16.7. The van der Waals surface area contributed by atoms with Gasteiger partial charge in [0.05, 0.1) is 6.10 Å². The molecule has 1 aliphatic rings. The Kier molecular flexibility index (Phi) is 11.0. The minimum atomic E-state index is -0.214. The first-order valence-electron chi connectivity index (χ1n) is 8.58. The molecule has 24 heavy (non-hydrogen) atoms. The Labute approximate surface area is 161 Å². The summed E-state index contributed by atoms with van der Waals surface area (Å²) in [5.74, 6) is 0.543. The van der Waals surface area contributed by atoms with Crippen LogP contribution in [-0.4, -0.2) is 32.3 Å². The van der Waals surface area contributed by atoms with E-state index >= 15 is 0 Å². The highest BCUT2D eigenvalue weighted by molar-refractivity contribution is 14.0. The van der Waals surface area contributed by atoms with Crippen LogP contribution in [0.1, 0.15) is 44.1 Å². The molecule has 1 aromatic carbocycles. The summed E-state index contributed by atoms with van der Waals surface area (Å²) in [6, 6.07) is 6.48. The zero-order chi connectivity index (χ0) is 16.3. The van der Waals surface area contributed by atoms with E-state index in [1.54, 1.807) is 19.2 Å². The van der Waals surface area contributed by atoms with Gasteiger partial charge in [-0.2, -0.15) is 0 Å². The molecule has 2 rings (SSSR count). The normalized spacial score (nSPS) is 15.7. The van der Waals surface area contributed by atoms with Gasteiger partial charge in [-0.05, 0) is 37.0 Å². The van der Waals surface area contributed by atoms with Crippen LogP contribution in [0.25, 0.3) is 0 Å². The molecule has 1 aliphatic carbocycles. The maximum absolute atomic E-state index is 12.9. The van der Waals surface area contributed by atoms with E-state index in [0.29, 0.717) is 12.6 Å². The van der Waals surface area contributed by atoms with Gasteiger partial charge in [-0.25, -0.2) is 4.39 Å². The zero-order valence-electron chi connectivity index (χ0n) is 14.4. The van der Waals surface area contributed by atoms with Crippen LogP contribution in [0.15, 0.2) is 29.3 Å². The second-order valence-corrected chi connectivity index (χ2v) is 5.96. The lowest BCUT2D eigenvalue weighted by atomic mass is 9.98. The maximum Gasteiger partial charge on any atom is 0.191 e. The van der Waals surface area contributed by atoms with E-state index in [4.69, 9.17) is 4.74 Å². The van der Waals surface area contributed by atoms with Crippen LogP contribution >= 0.6 is 24.0 Å². The topological polar surface area (TPSA) is 45.7 Å². The summed E-state index contributed by atoms with van der Waals surface area (Å²) >= 11 is 0. The van der Waals surface area contributed by atoms with E-state index in [-0.39, 0.29) is 29.8 Å². The molecule has 0 radical (unpaired) electrons. The van der Waals surface area contributed by atoms with Crippen molar-refractivity contribution in [2.75, 3.05) is 20.2 Å².